The molecule has 5 nitrogen and oxygen atoms in total. The summed E-state index contributed by atoms with van der Waals surface area (Å²) in [6, 6.07) is 12.2. The van der Waals surface area contributed by atoms with Crippen LogP contribution in [0.2, 0.25) is 0 Å². The Morgan fingerprint density at radius 1 is 1.29 bits per heavy atom. The van der Waals surface area contributed by atoms with Crippen molar-refractivity contribution >= 4 is 29.9 Å². The van der Waals surface area contributed by atoms with Crippen molar-refractivity contribution in [2.45, 2.75) is 33.4 Å². The molecule has 0 aromatic heterocycles. The number of hydrogen-bond donors (Lipinski definition) is 2. The van der Waals surface area contributed by atoms with Crippen molar-refractivity contribution in [1.82, 2.24) is 10.6 Å². The van der Waals surface area contributed by atoms with E-state index in [1.165, 1.54) is 18.2 Å². The van der Waals surface area contributed by atoms with Gasteiger partial charge in [-0.25, -0.2) is 9.38 Å². The smallest absolute Gasteiger partial charge is 0.192 e. The van der Waals surface area contributed by atoms with Gasteiger partial charge in [0.05, 0.1) is 31.3 Å². The molecule has 28 heavy (non-hydrogen) atoms. The molecule has 0 saturated heterocycles. The summed E-state index contributed by atoms with van der Waals surface area (Å²) in [4.78, 5) is 4.47. The Hall–Kier alpha value is -2.34. The molecule has 0 spiro atoms. The highest BCUT2D eigenvalue weighted by molar-refractivity contribution is 14.0. The quantitative estimate of drug-likeness (QED) is 0.353. The lowest BCUT2D eigenvalue weighted by Gasteiger charge is -2.20. The van der Waals surface area contributed by atoms with Crippen LogP contribution in [0, 0.1) is 24.1 Å². The molecule has 0 aliphatic rings. The normalized spacial score (nSPS) is 11.8. The molecule has 2 rings (SSSR count). The number of aryl methyl sites for hydroxylation is 1. The van der Waals surface area contributed by atoms with E-state index in [1.54, 1.807) is 7.11 Å². The predicted molar refractivity (Wildman–Crippen MR) is 121 cm³/mol. The number of nitrogens with one attached hydrogen (secondary N) is 2. The number of methoxy groups -OCH3 is 1. The van der Waals surface area contributed by atoms with E-state index in [1.807, 2.05) is 39.0 Å². The number of halogens is 2. The number of aliphatic imine (C=N–C) groups is 1. The first-order valence-electron chi connectivity index (χ1n) is 8.86. The summed E-state index contributed by atoms with van der Waals surface area (Å²) in [5, 5.41) is 15.5. The van der Waals surface area contributed by atoms with Crippen LogP contribution in [-0.2, 0) is 6.54 Å². The Morgan fingerprint density at radius 2 is 2.04 bits per heavy atom. The molecule has 150 valence electrons. The number of benzene rings is 2. The summed E-state index contributed by atoms with van der Waals surface area (Å²) in [5.74, 6) is 0.988. The lowest BCUT2D eigenvalue weighted by Crippen LogP contribution is -2.38. The maximum atomic E-state index is 14.0. The molecular weight excluding hydrogens is 470 g/mol. The van der Waals surface area contributed by atoms with E-state index >= 15 is 0 Å². The van der Waals surface area contributed by atoms with E-state index in [4.69, 9.17) is 10.00 Å². The molecule has 0 heterocycles. The van der Waals surface area contributed by atoms with Crippen molar-refractivity contribution in [2.24, 2.45) is 4.99 Å². The molecule has 0 saturated carbocycles. The van der Waals surface area contributed by atoms with Crippen molar-refractivity contribution < 1.29 is 9.13 Å². The monoisotopic (exact) mass is 496 g/mol. The van der Waals surface area contributed by atoms with E-state index in [0.29, 0.717) is 23.6 Å². The number of ether oxygens (including phenoxy) is 1. The molecule has 7 heteroatoms. The zero-order chi connectivity index (χ0) is 19.8. The van der Waals surface area contributed by atoms with Crippen molar-refractivity contribution in [1.29, 1.82) is 5.26 Å². The summed E-state index contributed by atoms with van der Waals surface area (Å²) in [6.07, 6.45) is 0. The molecule has 1 atom stereocenters. The van der Waals surface area contributed by atoms with E-state index in [2.05, 4.69) is 21.7 Å². The number of nitrogens with zero attached hydrogens (tertiary/aromatic N) is 2. The summed E-state index contributed by atoms with van der Waals surface area (Å²) in [6.45, 7) is 6.81. The Labute approximate surface area is 183 Å². The average Bonchev–Trinajstić information content (AvgIpc) is 2.67. The van der Waals surface area contributed by atoms with Gasteiger partial charge in [0, 0.05) is 17.7 Å². The number of guanidine groups is 1. The number of nitriles is 1. The minimum atomic E-state index is -0.373. The Balaban J connectivity index is 0.00000392. The Kier molecular flexibility index (Phi) is 9.73. The molecule has 0 aliphatic carbocycles. The van der Waals surface area contributed by atoms with Gasteiger partial charge in [0.25, 0.3) is 0 Å². The van der Waals surface area contributed by atoms with Gasteiger partial charge >= 0.3 is 0 Å². The largest absolute Gasteiger partial charge is 0.496 e. The molecular formula is C21H26FIN4O. The molecule has 0 amide bonds. The van der Waals surface area contributed by atoms with Crippen molar-refractivity contribution in [3.63, 3.8) is 0 Å². The van der Waals surface area contributed by atoms with Crippen LogP contribution < -0.4 is 15.4 Å². The highest BCUT2D eigenvalue weighted by Crippen LogP contribution is 2.26. The van der Waals surface area contributed by atoms with Crippen molar-refractivity contribution in [2.75, 3.05) is 13.7 Å². The van der Waals surface area contributed by atoms with Crippen LogP contribution in [0.15, 0.2) is 41.4 Å². The fraction of sp³-hybridized carbons (Fsp3) is 0.333. The van der Waals surface area contributed by atoms with Crippen molar-refractivity contribution in [3.8, 4) is 11.8 Å². The summed E-state index contributed by atoms with van der Waals surface area (Å²) < 4.78 is 19.4. The molecule has 1 unspecified atom stereocenters. The fourth-order valence-corrected chi connectivity index (χ4v) is 2.72. The first kappa shape index (κ1) is 23.7. The average molecular weight is 496 g/mol. The van der Waals surface area contributed by atoms with Gasteiger partial charge in [-0.3, -0.25) is 0 Å². The SMILES string of the molecule is CCNC(=NCc1cc(C#N)ccc1F)NC(C)c1cc(C)ccc1OC.I. The van der Waals surface area contributed by atoms with Crippen LogP contribution in [0.4, 0.5) is 4.39 Å². The Bertz CT molecular complexity index is 864. The topological polar surface area (TPSA) is 69.4 Å². The third-order valence-electron chi connectivity index (χ3n) is 4.13. The van der Waals surface area contributed by atoms with Crippen LogP contribution >= 0.6 is 24.0 Å². The van der Waals surface area contributed by atoms with Crippen molar-refractivity contribution in [3.05, 3.63) is 64.5 Å². The summed E-state index contributed by atoms with van der Waals surface area (Å²) >= 11 is 0. The first-order chi connectivity index (χ1) is 13.0. The van der Waals surface area contributed by atoms with Gasteiger partial charge < -0.3 is 15.4 Å². The van der Waals surface area contributed by atoms with Gasteiger partial charge in [0.1, 0.15) is 11.6 Å². The Morgan fingerprint density at radius 3 is 2.68 bits per heavy atom. The minimum Gasteiger partial charge on any atom is -0.496 e. The van der Waals surface area contributed by atoms with Gasteiger partial charge in [-0.15, -0.1) is 24.0 Å². The fourth-order valence-electron chi connectivity index (χ4n) is 2.72. The van der Waals surface area contributed by atoms with Gasteiger partial charge in [-0.1, -0.05) is 17.7 Å². The zero-order valence-electron chi connectivity index (χ0n) is 16.5. The lowest BCUT2D eigenvalue weighted by atomic mass is 10.0. The highest BCUT2D eigenvalue weighted by atomic mass is 127. The molecule has 0 radical (unpaired) electrons. The maximum absolute atomic E-state index is 14.0. The van der Waals surface area contributed by atoms with Crippen LogP contribution in [0.3, 0.4) is 0 Å². The number of hydrogen-bond acceptors (Lipinski definition) is 3. The van der Waals surface area contributed by atoms with Gasteiger partial charge in [-0.05, 0) is 45.0 Å². The second-order valence-corrected chi connectivity index (χ2v) is 6.22. The second-order valence-electron chi connectivity index (χ2n) is 6.22. The summed E-state index contributed by atoms with van der Waals surface area (Å²) in [5.41, 5.74) is 2.95. The van der Waals surface area contributed by atoms with Gasteiger partial charge in [0.2, 0.25) is 0 Å². The number of rotatable bonds is 6. The second kappa shape index (κ2) is 11.5. The highest BCUT2D eigenvalue weighted by Gasteiger charge is 2.13. The maximum Gasteiger partial charge on any atom is 0.192 e. The van der Waals surface area contributed by atoms with Crippen LogP contribution in [0.25, 0.3) is 0 Å². The van der Waals surface area contributed by atoms with Gasteiger partial charge in [-0.2, -0.15) is 5.26 Å². The van der Waals surface area contributed by atoms with Gasteiger partial charge in [0.15, 0.2) is 5.96 Å². The molecule has 2 aromatic carbocycles. The van der Waals surface area contributed by atoms with E-state index < -0.39 is 0 Å². The first-order valence-corrected chi connectivity index (χ1v) is 8.86. The third kappa shape index (κ3) is 6.37. The van der Waals surface area contributed by atoms with Crippen LogP contribution in [0.1, 0.15) is 42.1 Å². The molecule has 2 N–H and O–H groups in total. The van der Waals surface area contributed by atoms with Crippen LogP contribution in [0.5, 0.6) is 5.75 Å². The van der Waals surface area contributed by atoms with Crippen LogP contribution in [-0.4, -0.2) is 19.6 Å². The van der Waals surface area contributed by atoms with E-state index in [9.17, 15) is 4.39 Å². The standard InChI is InChI=1S/C21H25FN4O.HI/c1-5-24-21(25-13-17-11-16(12-23)7-8-19(17)22)26-15(3)18-10-14(2)6-9-20(18)27-4;/h6-11,15H,5,13H2,1-4H3,(H2,24,25,26);1H. The van der Waals surface area contributed by atoms with E-state index in [-0.39, 0.29) is 42.4 Å². The molecule has 0 fully saturated rings. The summed E-state index contributed by atoms with van der Waals surface area (Å²) in [7, 11) is 1.64. The third-order valence-corrected chi connectivity index (χ3v) is 4.13. The zero-order valence-corrected chi connectivity index (χ0v) is 18.9. The van der Waals surface area contributed by atoms with E-state index in [0.717, 1.165) is 16.9 Å². The molecule has 0 bridgehead atoms. The predicted octanol–water partition coefficient (Wildman–Crippen LogP) is 4.45. The molecule has 0 aliphatic heterocycles. The lowest BCUT2D eigenvalue weighted by molar-refractivity contribution is 0.405. The minimum absolute atomic E-state index is 0. The molecule has 2 aromatic rings.